The summed E-state index contributed by atoms with van der Waals surface area (Å²) in [6, 6.07) is 16.4. The van der Waals surface area contributed by atoms with Crippen molar-refractivity contribution in [3.05, 3.63) is 65.2 Å². The molecule has 2 aromatic rings. The molecular formula is C17H16ClNO. The highest BCUT2D eigenvalue weighted by Gasteiger charge is 2.22. The molecule has 3 heteroatoms. The number of halogens is 1. The minimum atomic E-state index is 0.0872. The summed E-state index contributed by atoms with van der Waals surface area (Å²) in [6.07, 6.45) is 1.25. The van der Waals surface area contributed by atoms with Gasteiger partial charge in [0.05, 0.1) is 6.54 Å². The summed E-state index contributed by atoms with van der Waals surface area (Å²) in [4.78, 5) is 14.2. The van der Waals surface area contributed by atoms with Crippen LogP contribution in [0.2, 0.25) is 0 Å². The van der Waals surface area contributed by atoms with Crippen LogP contribution in [-0.2, 0) is 17.8 Å². The second-order valence-electron chi connectivity index (χ2n) is 4.99. The van der Waals surface area contributed by atoms with Crippen LogP contribution in [0, 0.1) is 0 Å². The van der Waals surface area contributed by atoms with E-state index >= 15 is 0 Å². The van der Waals surface area contributed by atoms with E-state index in [4.69, 9.17) is 11.6 Å². The number of carbonyl (C=O) groups excluding carboxylic acids is 1. The summed E-state index contributed by atoms with van der Waals surface area (Å²) in [7, 11) is 0. The normalized spacial score (nSPS) is 13.3. The Hall–Kier alpha value is -1.80. The molecule has 0 N–H and O–H groups in total. The van der Waals surface area contributed by atoms with Crippen LogP contribution < -0.4 is 4.90 Å². The Morgan fingerprint density at radius 1 is 1.00 bits per heavy atom. The number of alkyl halides is 1. The number of anilines is 1. The molecule has 0 aromatic heterocycles. The topological polar surface area (TPSA) is 20.3 Å². The van der Waals surface area contributed by atoms with Crippen molar-refractivity contribution in [2.75, 3.05) is 10.8 Å². The number of carbonyl (C=O) groups is 1. The quantitative estimate of drug-likeness (QED) is 0.770. The van der Waals surface area contributed by atoms with E-state index in [1.807, 2.05) is 29.2 Å². The number of hydrogen-bond donors (Lipinski definition) is 0. The molecule has 0 bridgehead atoms. The molecule has 1 heterocycles. The van der Waals surface area contributed by atoms with Gasteiger partial charge < -0.3 is 4.90 Å². The molecule has 0 radical (unpaired) electrons. The van der Waals surface area contributed by atoms with Crippen LogP contribution in [0.3, 0.4) is 0 Å². The van der Waals surface area contributed by atoms with Gasteiger partial charge in [-0.05, 0) is 29.2 Å². The van der Waals surface area contributed by atoms with Crippen molar-refractivity contribution in [2.24, 2.45) is 0 Å². The largest absolute Gasteiger partial charge is 0.308 e. The van der Waals surface area contributed by atoms with Gasteiger partial charge >= 0.3 is 0 Å². The Morgan fingerprint density at radius 3 is 2.40 bits per heavy atom. The molecule has 2 nitrogen and oxygen atoms in total. The van der Waals surface area contributed by atoms with Crippen LogP contribution in [0.4, 0.5) is 5.69 Å². The molecule has 0 fully saturated rings. The lowest BCUT2D eigenvalue weighted by Crippen LogP contribution is -2.30. The van der Waals surface area contributed by atoms with Crippen LogP contribution in [0.5, 0.6) is 0 Å². The van der Waals surface area contributed by atoms with Gasteiger partial charge in [-0.1, -0.05) is 42.5 Å². The summed E-state index contributed by atoms with van der Waals surface area (Å²) in [5.74, 6) is 0.447. The molecule has 0 saturated heterocycles. The second kappa shape index (κ2) is 5.68. The summed E-state index contributed by atoms with van der Waals surface area (Å²) in [5, 5.41) is 0. The minimum absolute atomic E-state index is 0.0872. The van der Waals surface area contributed by atoms with E-state index in [1.165, 1.54) is 16.7 Å². The highest BCUT2D eigenvalue weighted by molar-refractivity contribution is 6.19. The third kappa shape index (κ3) is 2.44. The van der Waals surface area contributed by atoms with Gasteiger partial charge in [-0.3, -0.25) is 4.79 Å². The smallest absolute Gasteiger partial charge is 0.228 e. The maximum absolute atomic E-state index is 12.4. The van der Waals surface area contributed by atoms with Gasteiger partial charge in [0.1, 0.15) is 0 Å². The first kappa shape index (κ1) is 13.2. The molecule has 1 aliphatic rings. The monoisotopic (exact) mass is 285 g/mol. The van der Waals surface area contributed by atoms with E-state index < -0.39 is 0 Å². The number of para-hydroxylation sites is 1. The fourth-order valence-corrected chi connectivity index (χ4v) is 2.87. The van der Waals surface area contributed by atoms with E-state index in [-0.39, 0.29) is 5.91 Å². The van der Waals surface area contributed by atoms with Crippen LogP contribution in [0.25, 0.3) is 0 Å². The van der Waals surface area contributed by atoms with Gasteiger partial charge in [-0.25, -0.2) is 0 Å². The fourth-order valence-electron chi connectivity index (χ4n) is 2.71. The van der Waals surface area contributed by atoms with E-state index in [1.54, 1.807) is 0 Å². The number of nitrogens with zero attached hydrogens (tertiary/aromatic N) is 1. The van der Waals surface area contributed by atoms with Gasteiger partial charge in [0.15, 0.2) is 0 Å². The number of fused-ring (bicyclic) bond motifs is 2. The predicted molar refractivity (Wildman–Crippen MR) is 82.2 cm³/mol. The number of rotatable bonds is 2. The molecule has 20 heavy (non-hydrogen) atoms. The van der Waals surface area contributed by atoms with Gasteiger partial charge in [-0.15, -0.1) is 11.6 Å². The van der Waals surface area contributed by atoms with Crippen molar-refractivity contribution in [3.63, 3.8) is 0 Å². The van der Waals surface area contributed by atoms with Crippen molar-refractivity contribution in [1.29, 1.82) is 0 Å². The average Bonchev–Trinajstić information content (AvgIpc) is 2.64. The van der Waals surface area contributed by atoms with Crippen LogP contribution in [0.15, 0.2) is 48.5 Å². The lowest BCUT2D eigenvalue weighted by Gasteiger charge is -2.23. The summed E-state index contributed by atoms with van der Waals surface area (Å²) >= 11 is 5.74. The first-order valence-corrected chi connectivity index (χ1v) is 7.34. The Kier molecular flexibility index (Phi) is 3.75. The average molecular weight is 286 g/mol. The molecule has 3 rings (SSSR count). The maximum Gasteiger partial charge on any atom is 0.228 e. The molecule has 102 valence electrons. The summed E-state index contributed by atoms with van der Waals surface area (Å²) < 4.78 is 0. The molecule has 0 aliphatic carbocycles. The van der Waals surface area contributed by atoms with Gasteiger partial charge in [0, 0.05) is 18.0 Å². The Morgan fingerprint density at radius 2 is 1.65 bits per heavy atom. The van der Waals surface area contributed by atoms with E-state index in [2.05, 4.69) is 24.3 Å². The number of amides is 1. The molecule has 1 aliphatic heterocycles. The lowest BCUT2D eigenvalue weighted by molar-refractivity contribution is -0.118. The zero-order valence-corrected chi connectivity index (χ0v) is 11.9. The Labute approximate surface area is 124 Å². The SMILES string of the molecule is O=C(CCCl)N1Cc2ccccc2Cc2ccccc21. The molecule has 0 saturated carbocycles. The third-order valence-electron chi connectivity index (χ3n) is 3.72. The van der Waals surface area contributed by atoms with Gasteiger partial charge in [0.2, 0.25) is 5.91 Å². The van der Waals surface area contributed by atoms with E-state index in [9.17, 15) is 4.79 Å². The molecule has 1 amide bonds. The van der Waals surface area contributed by atoms with Gasteiger partial charge in [0.25, 0.3) is 0 Å². The van der Waals surface area contributed by atoms with Gasteiger partial charge in [-0.2, -0.15) is 0 Å². The molecule has 0 atom stereocenters. The van der Waals surface area contributed by atoms with Crippen molar-refractivity contribution in [1.82, 2.24) is 0 Å². The zero-order chi connectivity index (χ0) is 13.9. The summed E-state index contributed by atoms with van der Waals surface area (Å²) in [5.41, 5.74) is 4.71. The van der Waals surface area contributed by atoms with E-state index in [0.29, 0.717) is 18.8 Å². The Bertz CT molecular complexity index is 638. The minimum Gasteiger partial charge on any atom is -0.308 e. The maximum atomic E-state index is 12.4. The molecular weight excluding hydrogens is 270 g/mol. The molecule has 0 spiro atoms. The third-order valence-corrected chi connectivity index (χ3v) is 3.91. The van der Waals surface area contributed by atoms with Crippen molar-refractivity contribution >= 4 is 23.2 Å². The first-order chi connectivity index (χ1) is 9.79. The second-order valence-corrected chi connectivity index (χ2v) is 5.37. The standard InChI is InChI=1S/C17H16ClNO/c18-10-9-17(20)19-12-15-7-2-1-5-13(15)11-14-6-3-4-8-16(14)19/h1-8H,9-12H2. The van der Waals surface area contributed by atoms with Crippen molar-refractivity contribution in [2.45, 2.75) is 19.4 Å². The number of benzene rings is 2. The predicted octanol–water partition coefficient (Wildman–Crippen LogP) is 3.75. The summed E-state index contributed by atoms with van der Waals surface area (Å²) in [6.45, 7) is 0.628. The molecule has 2 aromatic carbocycles. The van der Waals surface area contributed by atoms with Crippen LogP contribution >= 0.6 is 11.6 Å². The van der Waals surface area contributed by atoms with E-state index in [0.717, 1.165) is 12.1 Å². The van der Waals surface area contributed by atoms with Crippen molar-refractivity contribution < 1.29 is 4.79 Å². The fraction of sp³-hybridized carbons (Fsp3) is 0.235. The first-order valence-electron chi connectivity index (χ1n) is 6.80. The number of hydrogen-bond acceptors (Lipinski definition) is 1. The molecule has 0 unspecified atom stereocenters. The highest BCUT2D eigenvalue weighted by Crippen LogP contribution is 2.30. The van der Waals surface area contributed by atoms with Crippen LogP contribution in [0.1, 0.15) is 23.1 Å². The Balaban J connectivity index is 2.08. The van der Waals surface area contributed by atoms with Crippen LogP contribution in [-0.4, -0.2) is 11.8 Å². The van der Waals surface area contributed by atoms with Crippen molar-refractivity contribution in [3.8, 4) is 0 Å². The highest BCUT2D eigenvalue weighted by atomic mass is 35.5. The lowest BCUT2D eigenvalue weighted by atomic mass is 10.0. The zero-order valence-electron chi connectivity index (χ0n) is 11.2.